The van der Waals surface area contributed by atoms with Gasteiger partial charge in [0.05, 0.1) is 13.2 Å². The fraction of sp³-hybridized carbons (Fsp3) is 0.700. The topological polar surface area (TPSA) is 111 Å². The Morgan fingerprint density at radius 2 is 1.44 bits per heavy atom. The van der Waals surface area contributed by atoms with E-state index < -0.39 is 35.9 Å². The van der Waals surface area contributed by atoms with Crippen LogP contribution in [0.5, 0.6) is 0 Å². The van der Waals surface area contributed by atoms with Crippen LogP contribution in [-0.2, 0) is 19.1 Å². The molecule has 0 aliphatic carbocycles. The molecule has 0 aromatic rings. The average Bonchev–Trinajstić information content (AvgIpc) is 2.27. The molecule has 7 nitrogen and oxygen atoms in total. The van der Waals surface area contributed by atoms with Crippen molar-refractivity contribution >= 4 is 30.2 Å². The van der Waals surface area contributed by atoms with Crippen LogP contribution < -0.4 is 16.4 Å². The van der Waals surface area contributed by atoms with Crippen molar-refractivity contribution in [2.45, 2.75) is 38.9 Å². The molecule has 0 bridgehead atoms. The summed E-state index contributed by atoms with van der Waals surface area (Å²) in [5.74, 6) is -1.46. The fourth-order valence-electron chi connectivity index (χ4n) is 0.984. The van der Waals surface area contributed by atoms with Crippen LogP contribution in [-0.4, -0.2) is 43.0 Å². The molecule has 0 aromatic heterocycles. The maximum Gasteiger partial charge on any atom is 0.328 e. The second kappa shape index (κ2) is 8.71. The highest BCUT2D eigenvalue weighted by Crippen LogP contribution is 1.90. The summed E-state index contributed by atoms with van der Waals surface area (Å²) in [6.45, 7) is 4.50. The molecule has 2 amide bonds. The van der Waals surface area contributed by atoms with Crippen molar-refractivity contribution in [1.29, 1.82) is 0 Å². The van der Waals surface area contributed by atoms with E-state index in [4.69, 9.17) is 5.73 Å². The van der Waals surface area contributed by atoms with Gasteiger partial charge in [0.2, 0.25) is 11.8 Å². The number of rotatable bonds is 5. The molecule has 8 heteroatoms. The largest absolute Gasteiger partial charge is 0.467 e. The van der Waals surface area contributed by atoms with Crippen LogP contribution in [0.4, 0.5) is 0 Å². The predicted molar refractivity (Wildman–Crippen MR) is 68.1 cm³/mol. The van der Waals surface area contributed by atoms with Crippen molar-refractivity contribution in [2.75, 3.05) is 7.11 Å². The van der Waals surface area contributed by atoms with Gasteiger partial charge in [0.25, 0.3) is 0 Å². The van der Waals surface area contributed by atoms with Crippen molar-refractivity contribution in [3.8, 4) is 0 Å². The predicted octanol–water partition coefficient (Wildman–Crippen LogP) is -1.06. The Hall–Kier alpha value is -1.34. The maximum absolute atomic E-state index is 11.6. The highest BCUT2D eigenvalue weighted by atomic mass is 35.5. The zero-order valence-corrected chi connectivity index (χ0v) is 11.7. The SMILES string of the molecule is COC(=O)[C@H](C)NC(=O)[C@H](C)NC(=O)[C@H](C)N.Cl. The van der Waals surface area contributed by atoms with Crippen LogP contribution in [0.2, 0.25) is 0 Å². The molecule has 4 N–H and O–H groups in total. The number of carbonyl (C=O) groups excluding carboxylic acids is 3. The van der Waals surface area contributed by atoms with E-state index in [-0.39, 0.29) is 12.4 Å². The van der Waals surface area contributed by atoms with Crippen molar-refractivity contribution in [3.05, 3.63) is 0 Å². The lowest BCUT2D eigenvalue weighted by Gasteiger charge is -2.17. The highest BCUT2D eigenvalue weighted by molar-refractivity contribution is 5.91. The van der Waals surface area contributed by atoms with E-state index in [1.807, 2.05) is 0 Å². The van der Waals surface area contributed by atoms with Crippen molar-refractivity contribution in [2.24, 2.45) is 5.73 Å². The smallest absolute Gasteiger partial charge is 0.328 e. The number of halogens is 1. The molecule has 3 atom stereocenters. The first-order valence-electron chi connectivity index (χ1n) is 5.23. The quantitative estimate of drug-likeness (QED) is 0.556. The molecule has 0 radical (unpaired) electrons. The van der Waals surface area contributed by atoms with Crippen molar-refractivity contribution < 1.29 is 19.1 Å². The third-order valence-corrected chi connectivity index (χ3v) is 2.08. The number of methoxy groups -OCH3 is 1. The van der Waals surface area contributed by atoms with Gasteiger partial charge in [-0.1, -0.05) is 0 Å². The first-order valence-corrected chi connectivity index (χ1v) is 5.23. The van der Waals surface area contributed by atoms with E-state index in [2.05, 4.69) is 15.4 Å². The average molecular weight is 282 g/mol. The first kappa shape index (κ1) is 19.0. The van der Waals surface area contributed by atoms with Gasteiger partial charge in [-0.25, -0.2) is 4.79 Å². The Morgan fingerprint density at radius 3 is 1.83 bits per heavy atom. The Morgan fingerprint density at radius 1 is 1.00 bits per heavy atom. The lowest BCUT2D eigenvalue weighted by molar-refractivity contribution is -0.144. The summed E-state index contributed by atoms with van der Waals surface area (Å²) in [4.78, 5) is 33.8. The van der Waals surface area contributed by atoms with E-state index in [1.54, 1.807) is 0 Å². The standard InChI is InChI=1S/C10H19N3O4.ClH/c1-5(11)8(14)12-6(2)9(15)13-7(3)10(16)17-4;/h5-7H,11H2,1-4H3,(H,12,14)(H,13,15);1H/t5-,6-,7-;/m0./s1. The molecule has 106 valence electrons. The molecular weight excluding hydrogens is 262 g/mol. The van der Waals surface area contributed by atoms with Crippen LogP contribution in [0, 0.1) is 0 Å². The molecule has 0 rings (SSSR count). The van der Waals surface area contributed by atoms with Gasteiger partial charge in [0, 0.05) is 0 Å². The number of ether oxygens (including phenoxy) is 1. The monoisotopic (exact) mass is 281 g/mol. The molecule has 0 saturated heterocycles. The second-order valence-corrected chi connectivity index (χ2v) is 3.77. The molecule has 0 spiro atoms. The normalized spacial score (nSPS) is 14.5. The van der Waals surface area contributed by atoms with Gasteiger partial charge in [0.1, 0.15) is 12.1 Å². The summed E-state index contributed by atoms with van der Waals surface area (Å²) in [5, 5.41) is 4.82. The molecule has 0 saturated carbocycles. The minimum absolute atomic E-state index is 0. The van der Waals surface area contributed by atoms with Gasteiger partial charge in [-0.15, -0.1) is 12.4 Å². The lowest BCUT2D eigenvalue weighted by Crippen LogP contribution is -2.52. The van der Waals surface area contributed by atoms with E-state index in [0.29, 0.717) is 0 Å². The van der Waals surface area contributed by atoms with Crippen LogP contribution in [0.3, 0.4) is 0 Å². The first-order chi connectivity index (χ1) is 7.79. The summed E-state index contributed by atoms with van der Waals surface area (Å²) >= 11 is 0. The van der Waals surface area contributed by atoms with Gasteiger partial charge in [-0.05, 0) is 20.8 Å². The summed E-state index contributed by atoms with van der Waals surface area (Å²) in [7, 11) is 1.23. The number of esters is 1. The molecule has 0 unspecified atom stereocenters. The summed E-state index contributed by atoms with van der Waals surface area (Å²) in [6.07, 6.45) is 0. The summed E-state index contributed by atoms with van der Waals surface area (Å²) in [5.41, 5.74) is 5.34. The third-order valence-electron chi connectivity index (χ3n) is 2.08. The Labute approximate surface area is 112 Å². The number of nitrogens with two attached hydrogens (primary N) is 1. The van der Waals surface area contributed by atoms with Crippen LogP contribution in [0.1, 0.15) is 20.8 Å². The lowest BCUT2D eigenvalue weighted by atomic mass is 10.2. The second-order valence-electron chi connectivity index (χ2n) is 3.77. The molecular formula is C10H20ClN3O4. The number of nitrogens with one attached hydrogen (secondary N) is 2. The van der Waals surface area contributed by atoms with Crippen LogP contribution in [0.25, 0.3) is 0 Å². The molecule has 0 aromatic carbocycles. The van der Waals surface area contributed by atoms with Crippen molar-refractivity contribution in [1.82, 2.24) is 10.6 Å². The van der Waals surface area contributed by atoms with E-state index in [9.17, 15) is 14.4 Å². The van der Waals surface area contributed by atoms with Gasteiger partial charge in [-0.3, -0.25) is 9.59 Å². The fourth-order valence-corrected chi connectivity index (χ4v) is 0.984. The van der Waals surface area contributed by atoms with Crippen molar-refractivity contribution in [3.63, 3.8) is 0 Å². The number of amides is 2. The molecule has 0 aliphatic rings. The minimum atomic E-state index is -0.763. The van der Waals surface area contributed by atoms with E-state index in [1.165, 1.54) is 27.9 Å². The van der Waals surface area contributed by atoms with E-state index in [0.717, 1.165) is 0 Å². The number of hydrogen-bond acceptors (Lipinski definition) is 5. The zero-order valence-electron chi connectivity index (χ0n) is 10.9. The zero-order chi connectivity index (χ0) is 13.6. The summed E-state index contributed by atoms with van der Waals surface area (Å²) < 4.78 is 4.45. The molecule has 18 heavy (non-hydrogen) atoms. The maximum atomic E-state index is 11.6. The number of hydrogen-bond donors (Lipinski definition) is 3. The third kappa shape index (κ3) is 6.41. The Kier molecular flexibility index (Phi) is 9.20. The number of carbonyl (C=O) groups is 3. The minimum Gasteiger partial charge on any atom is -0.467 e. The van der Waals surface area contributed by atoms with Crippen LogP contribution >= 0.6 is 12.4 Å². The molecule has 0 fully saturated rings. The van der Waals surface area contributed by atoms with Crippen LogP contribution in [0.15, 0.2) is 0 Å². The molecule has 0 heterocycles. The highest BCUT2D eigenvalue weighted by Gasteiger charge is 2.21. The molecule has 0 aliphatic heterocycles. The van der Waals surface area contributed by atoms with E-state index >= 15 is 0 Å². The summed E-state index contributed by atoms with van der Waals surface area (Å²) in [6, 6.07) is -2.22. The van der Waals surface area contributed by atoms with Gasteiger partial charge < -0.3 is 21.1 Å². The van der Waals surface area contributed by atoms with Gasteiger partial charge in [-0.2, -0.15) is 0 Å². The van der Waals surface area contributed by atoms with Gasteiger partial charge in [0.15, 0.2) is 0 Å². The Bertz CT molecular complexity index is 309. The Balaban J connectivity index is 0. The van der Waals surface area contributed by atoms with Gasteiger partial charge >= 0.3 is 5.97 Å².